The number of aromatic nitrogens is 3. The fraction of sp³-hybridized carbons (Fsp3) is 0.400. The zero-order chi connectivity index (χ0) is 11.1. The molecule has 0 saturated heterocycles. The van der Waals surface area contributed by atoms with Crippen molar-refractivity contribution in [1.29, 1.82) is 0 Å². The van der Waals surface area contributed by atoms with E-state index in [1.54, 1.807) is 12.4 Å². The van der Waals surface area contributed by atoms with Crippen LogP contribution in [0.25, 0.3) is 5.65 Å². The van der Waals surface area contributed by atoms with Crippen molar-refractivity contribution in [3.63, 3.8) is 0 Å². The van der Waals surface area contributed by atoms with Crippen LogP contribution in [0.4, 0.5) is 11.6 Å². The van der Waals surface area contributed by atoms with Crippen LogP contribution in [-0.2, 0) is 0 Å². The summed E-state index contributed by atoms with van der Waals surface area (Å²) in [4.78, 5) is 8.47. The Morgan fingerprint density at radius 2 is 2.13 bits per heavy atom. The van der Waals surface area contributed by atoms with E-state index in [-0.39, 0.29) is 5.54 Å². The number of anilines is 2. The Kier molecular flexibility index (Phi) is 2.03. The van der Waals surface area contributed by atoms with Gasteiger partial charge in [-0.3, -0.25) is 0 Å². The summed E-state index contributed by atoms with van der Waals surface area (Å²) < 4.78 is 1.86. The second kappa shape index (κ2) is 3.12. The summed E-state index contributed by atoms with van der Waals surface area (Å²) in [5, 5.41) is 3.28. The molecule has 0 radical (unpaired) electrons. The van der Waals surface area contributed by atoms with E-state index in [0.717, 1.165) is 5.65 Å². The number of nitrogens with two attached hydrogens (primary N) is 1. The van der Waals surface area contributed by atoms with Gasteiger partial charge in [-0.25, -0.2) is 9.97 Å². The summed E-state index contributed by atoms with van der Waals surface area (Å²) >= 11 is 0. The highest BCUT2D eigenvalue weighted by molar-refractivity contribution is 5.65. The van der Waals surface area contributed by atoms with Crippen LogP contribution < -0.4 is 11.1 Å². The molecule has 0 amide bonds. The van der Waals surface area contributed by atoms with Crippen LogP contribution in [0.15, 0.2) is 18.6 Å². The molecule has 0 aliphatic rings. The molecule has 0 saturated carbocycles. The highest BCUT2D eigenvalue weighted by Crippen LogP contribution is 2.18. The first-order chi connectivity index (χ1) is 6.96. The van der Waals surface area contributed by atoms with E-state index in [4.69, 9.17) is 5.73 Å². The zero-order valence-electron chi connectivity index (χ0n) is 9.15. The molecule has 0 atom stereocenters. The average molecular weight is 205 g/mol. The van der Waals surface area contributed by atoms with Gasteiger partial charge in [0.2, 0.25) is 0 Å². The largest absolute Gasteiger partial charge is 0.382 e. The van der Waals surface area contributed by atoms with E-state index in [2.05, 4.69) is 36.1 Å². The number of rotatable bonds is 1. The van der Waals surface area contributed by atoms with Gasteiger partial charge in [-0.05, 0) is 20.8 Å². The van der Waals surface area contributed by atoms with Crippen LogP contribution in [0.5, 0.6) is 0 Å². The third-order valence-corrected chi connectivity index (χ3v) is 1.89. The molecule has 0 bridgehead atoms. The Labute approximate surface area is 88.3 Å². The lowest BCUT2D eigenvalue weighted by molar-refractivity contribution is 0.631. The Morgan fingerprint density at radius 3 is 2.80 bits per heavy atom. The number of nitrogen functional groups attached to an aromatic ring is 1. The van der Waals surface area contributed by atoms with Crippen molar-refractivity contribution in [2.24, 2.45) is 0 Å². The predicted octanol–water partition coefficient (Wildman–Crippen LogP) is 1.52. The standard InChI is InChI=1S/C10H15N5/c1-10(2,3)14-8-9-12-4-5-15(9)6-7(11)13-8/h4-6H,11H2,1-3H3,(H,13,14). The molecule has 0 aliphatic heterocycles. The average Bonchev–Trinajstić information content (AvgIpc) is 2.48. The zero-order valence-corrected chi connectivity index (χ0v) is 9.15. The Hall–Kier alpha value is -1.78. The van der Waals surface area contributed by atoms with Gasteiger partial charge in [0.1, 0.15) is 5.82 Å². The van der Waals surface area contributed by atoms with Crippen molar-refractivity contribution in [3.05, 3.63) is 18.6 Å². The molecule has 15 heavy (non-hydrogen) atoms. The minimum atomic E-state index is -0.0623. The maximum Gasteiger partial charge on any atom is 0.180 e. The van der Waals surface area contributed by atoms with E-state index in [9.17, 15) is 0 Å². The highest BCUT2D eigenvalue weighted by Gasteiger charge is 2.14. The topological polar surface area (TPSA) is 68.2 Å². The van der Waals surface area contributed by atoms with Gasteiger partial charge < -0.3 is 15.5 Å². The summed E-state index contributed by atoms with van der Waals surface area (Å²) in [5.41, 5.74) is 6.43. The minimum Gasteiger partial charge on any atom is -0.382 e. The molecule has 2 aromatic rings. The summed E-state index contributed by atoms with van der Waals surface area (Å²) in [7, 11) is 0. The lowest BCUT2D eigenvalue weighted by atomic mass is 10.1. The van der Waals surface area contributed by atoms with Crippen molar-refractivity contribution in [2.45, 2.75) is 26.3 Å². The lowest BCUT2D eigenvalue weighted by Crippen LogP contribution is -2.27. The second-order valence-electron chi connectivity index (χ2n) is 4.55. The van der Waals surface area contributed by atoms with E-state index in [1.807, 2.05) is 10.6 Å². The Balaban J connectivity index is 2.53. The smallest absolute Gasteiger partial charge is 0.180 e. The first-order valence-electron chi connectivity index (χ1n) is 4.83. The van der Waals surface area contributed by atoms with Crippen LogP contribution in [-0.4, -0.2) is 19.9 Å². The number of imidazole rings is 1. The van der Waals surface area contributed by atoms with Crippen LogP contribution in [0, 0.1) is 0 Å². The van der Waals surface area contributed by atoms with Gasteiger partial charge in [0.05, 0.1) is 6.20 Å². The number of nitrogens with zero attached hydrogens (tertiary/aromatic N) is 3. The monoisotopic (exact) mass is 205 g/mol. The fourth-order valence-corrected chi connectivity index (χ4v) is 1.39. The normalized spacial score (nSPS) is 11.9. The maximum absolute atomic E-state index is 5.70. The number of hydrogen-bond acceptors (Lipinski definition) is 4. The van der Waals surface area contributed by atoms with Crippen molar-refractivity contribution in [3.8, 4) is 0 Å². The van der Waals surface area contributed by atoms with Crippen molar-refractivity contribution in [2.75, 3.05) is 11.1 Å². The third-order valence-electron chi connectivity index (χ3n) is 1.89. The van der Waals surface area contributed by atoms with Gasteiger partial charge in [-0.2, -0.15) is 0 Å². The fourth-order valence-electron chi connectivity index (χ4n) is 1.39. The first-order valence-corrected chi connectivity index (χ1v) is 4.83. The molecule has 2 heterocycles. The van der Waals surface area contributed by atoms with Crippen molar-refractivity contribution in [1.82, 2.24) is 14.4 Å². The molecule has 0 fully saturated rings. The van der Waals surface area contributed by atoms with Crippen LogP contribution in [0.2, 0.25) is 0 Å². The Morgan fingerprint density at radius 1 is 1.40 bits per heavy atom. The van der Waals surface area contributed by atoms with Crippen LogP contribution >= 0.6 is 0 Å². The summed E-state index contributed by atoms with van der Waals surface area (Å²) in [5.74, 6) is 1.19. The summed E-state index contributed by atoms with van der Waals surface area (Å²) in [6.07, 6.45) is 5.32. The predicted molar refractivity (Wildman–Crippen MR) is 60.8 cm³/mol. The molecular weight excluding hydrogens is 190 g/mol. The quantitative estimate of drug-likeness (QED) is 0.740. The lowest BCUT2D eigenvalue weighted by Gasteiger charge is -2.21. The van der Waals surface area contributed by atoms with Crippen LogP contribution in [0.3, 0.4) is 0 Å². The van der Waals surface area contributed by atoms with Crippen molar-refractivity contribution >= 4 is 17.3 Å². The number of hydrogen-bond donors (Lipinski definition) is 2. The van der Waals surface area contributed by atoms with Gasteiger partial charge in [-0.15, -0.1) is 0 Å². The molecule has 80 valence electrons. The molecule has 0 aliphatic carbocycles. The molecule has 2 rings (SSSR count). The summed E-state index contributed by atoms with van der Waals surface area (Å²) in [6, 6.07) is 0. The molecule has 2 aromatic heterocycles. The van der Waals surface area contributed by atoms with Gasteiger partial charge in [0.15, 0.2) is 11.5 Å². The molecule has 0 aromatic carbocycles. The number of fused-ring (bicyclic) bond motifs is 1. The summed E-state index contributed by atoms with van der Waals surface area (Å²) in [6.45, 7) is 6.20. The van der Waals surface area contributed by atoms with E-state index < -0.39 is 0 Å². The maximum atomic E-state index is 5.70. The van der Waals surface area contributed by atoms with Crippen molar-refractivity contribution < 1.29 is 0 Å². The third kappa shape index (κ3) is 2.01. The molecule has 0 unspecified atom stereocenters. The molecule has 5 heteroatoms. The molecule has 5 nitrogen and oxygen atoms in total. The van der Waals surface area contributed by atoms with E-state index in [1.165, 1.54) is 0 Å². The van der Waals surface area contributed by atoms with Gasteiger partial charge in [0.25, 0.3) is 0 Å². The van der Waals surface area contributed by atoms with Crippen LogP contribution in [0.1, 0.15) is 20.8 Å². The van der Waals surface area contributed by atoms with Gasteiger partial charge >= 0.3 is 0 Å². The number of nitrogens with one attached hydrogen (secondary N) is 1. The Bertz CT molecular complexity index is 480. The van der Waals surface area contributed by atoms with E-state index >= 15 is 0 Å². The highest BCUT2D eigenvalue weighted by atomic mass is 15.1. The molecule has 3 N–H and O–H groups in total. The van der Waals surface area contributed by atoms with Gasteiger partial charge in [-0.1, -0.05) is 0 Å². The minimum absolute atomic E-state index is 0.0623. The molecular formula is C10H15N5. The molecule has 0 spiro atoms. The second-order valence-corrected chi connectivity index (χ2v) is 4.55. The first kappa shape index (κ1) is 9.76. The van der Waals surface area contributed by atoms with Gasteiger partial charge in [0, 0.05) is 17.9 Å². The SMILES string of the molecule is CC(C)(C)Nc1nc(N)cn2ccnc12. The van der Waals surface area contributed by atoms with E-state index in [0.29, 0.717) is 11.6 Å².